The Labute approximate surface area is 105 Å². The molecule has 0 aromatic rings. The number of nitrogens with zero attached hydrogens (tertiary/aromatic N) is 1. The van der Waals surface area contributed by atoms with Crippen LogP contribution in [0, 0.1) is 5.92 Å². The topological polar surface area (TPSA) is 69.6 Å². The average molecular weight is 258 g/mol. The molecule has 1 saturated carbocycles. The van der Waals surface area contributed by atoms with E-state index in [1.807, 2.05) is 0 Å². The number of carboxylic acid groups (broad SMARTS) is 1. The summed E-state index contributed by atoms with van der Waals surface area (Å²) in [6.45, 7) is 2.35. The summed E-state index contributed by atoms with van der Waals surface area (Å²) in [4.78, 5) is 24.3. The number of urea groups is 1. The van der Waals surface area contributed by atoms with Crippen molar-refractivity contribution < 1.29 is 19.1 Å². The van der Waals surface area contributed by atoms with Gasteiger partial charge in [-0.3, -0.25) is 4.79 Å². The number of carbonyl (C=O) groups is 2. The number of rotatable bonds is 2. The van der Waals surface area contributed by atoms with Gasteiger partial charge in [0.15, 0.2) is 0 Å². The van der Waals surface area contributed by atoms with E-state index in [-0.39, 0.29) is 18.6 Å². The van der Waals surface area contributed by atoms with Crippen LogP contribution in [-0.2, 0) is 4.79 Å². The maximum atomic E-state index is 13.3. The van der Waals surface area contributed by atoms with Gasteiger partial charge in [0, 0.05) is 32.0 Å². The van der Waals surface area contributed by atoms with Crippen molar-refractivity contribution in [2.45, 2.75) is 44.3 Å². The van der Waals surface area contributed by atoms with Gasteiger partial charge in [0.1, 0.15) is 5.67 Å². The molecule has 0 aromatic heterocycles. The Hall–Kier alpha value is -1.33. The number of carbonyl (C=O) groups excluding carboxylic acids is 1. The number of aliphatic carboxylic acids is 1. The molecule has 2 N–H and O–H groups in total. The van der Waals surface area contributed by atoms with Crippen molar-refractivity contribution in [3.63, 3.8) is 0 Å². The zero-order valence-corrected chi connectivity index (χ0v) is 10.5. The first kappa shape index (κ1) is 13.1. The van der Waals surface area contributed by atoms with Crippen LogP contribution in [0.5, 0.6) is 0 Å². The lowest BCUT2D eigenvalue weighted by Gasteiger charge is -2.40. The number of amides is 2. The molecular formula is C12H19FN2O3. The highest BCUT2D eigenvalue weighted by molar-refractivity contribution is 5.77. The normalized spacial score (nSPS) is 35.8. The van der Waals surface area contributed by atoms with Crippen LogP contribution in [0.15, 0.2) is 0 Å². The van der Waals surface area contributed by atoms with E-state index in [2.05, 4.69) is 5.32 Å². The Morgan fingerprint density at radius 3 is 2.67 bits per heavy atom. The first-order valence-corrected chi connectivity index (χ1v) is 6.34. The van der Waals surface area contributed by atoms with Gasteiger partial charge in [0.05, 0.1) is 5.92 Å². The van der Waals surface area contributed by atoms with Crippen LogP contribution in [0.4, 0.5) is 9.18 Å². The lowest BCUT2D eigenvalue weighted by Crippen LogP contribution is -2.56. The van der Waals surface area contributed by atoms with Crippen LogP contribution in [0.2, 0.25) is 0 Å². The van der Waals surface area contributed by atoms with Gasteiger partial charge >= 0.3 is 12.0 Å². The summed E-state index contributed by atoms with van der Waals surface area (Å²) >= 11 is 0. The maximum Gasteiger partial charge on any atom is 0.317 e. The van der Waals surface area contributed by atoms with Crippen molar-refractivity contribution in [2.24, 2.45) is 5.92 Å². The molecule has 18 heavy (non-hydrogen) atoms. The Morgan fingerprint density at radius 2 is 2.11 bits per heavy atom. The summed E-state index contributed by atoms with van der Waals surface area (Å²) in [5, 5.41) is 11.7. The van der Waals surface area contributed by atoms with Gasteiger partial charge < -0.3 is 15.3 Å². The Bertz CT molecular complexity index is 351. The molecule has 0 spiro atoms. The van der Waals surface area contributed by atoms with E-state index in [1.54, 1.807) is 0 Å². The minimum Gasteiger partial charge on any atom is -0.481 e. The van der Waals surface area contributed by atoms with Crippen molar-refractivity contribution in [2.75, 3.05) is 13.1 Å². The number of carboxylic acids is 1. The van der Waals surface area contributed by atoms with Gasteiger partial charge in [-0.1, -0.05) is 0 Å². The molecule has 0 radical (unpaired) electrons. The highest BCUT2D eigenvalue weighted by atomic mass is 19.1. The summed E-state index contributed by atoms with van der Waals surface area (Å²) in [6.07, 6.45) is 2.00. The lowest BCUT2D eigenvalue weighted by molar-refractivity contribution is -0.143. The lowest BCUT2D eigenvalue weighted by atomic mass is 9.79. The Kier molecular flexibility index (Phi) is 3.45. The predicted octanol–water partition coefficient (Wildman–Crippen LogP) is 1.38. The molecule has 1 saturated heterocycles. The van der Waals surface area contributed by atoms with Gasteiger partial charge in [-0.2, -0.15) is 0 Å². The smallest absolute Gasteiger partial charge is 0.317 e. The number of hydrogen-bond acceptors (Lipinski definition) is 2. The monoisotopic (exact) mass is 258 g/mol. The Balaban J connectivity index is 1.80. The molecule has 1 aliphatic carbocycles. The van der Waals surface area contributed by atoms with Crippen molar-refractivity contribution in [3.05, 3.63) is 0 Å². The fraction of sp³-hybridized carbons (Fsp3) is 0.833. The van der Waals surface area contributed by atoms with Crippen LogP contribution >= 0.6 is 0 Å². The fourth-order valence-electron chi connectivity index (χ4n) is 2.70. The molecule has 1 aliphatic heterocycles. The molecule has 1 atom stereocenters. The molecular weight excluding hydrogens is 239 g/mol. The highest BCUT2D eigenvalue weighted by Gasteiger charge is 2.42. The minimum absolute atomic E-state index is 0.113. The van der Waals surface area contributed by atoms with E-state index in [9.17, 15) is 14.0 Å². The van der Waals surface area contributed by atoms with E-state index < -0.39 is 17.6 Å². The second-order valence-electron chi connectivity index (χ2n) is 5.59. The zero-order valence-electron chi connectivity index (χ0n) is 10.5. The van der Waals surface area contributed by atoms with E-state index >= 15 is 0 Å². The van der Waals surface area contributed by atoms with E-state index in [0.717, 1.165) is 0 Å². The van der Waals surface area contributed by atoms with E-state index in [0.29, 0.717) is 32.2 Å². The van der Waals surface area contributed by atoms with Crippen molar-refractivity contribution in [3.8, 4) is 0 Å². The molecule has 6 heteroatoms. The zero-order chi connectivity index (χ0) is 13.3. The standard InChI is InChI=1S/C12H19FN2O3/c1-12(13)5-9(6-12)14-11(18)15-4-2-3-8(7-15)10(16)17/h8-9H,2-7H2,1H3,(H,14,18)(H,16,17). The fourth-order valence-corrected chi connectivity index (χ4v) is 2.70. The maximum absolute atomic E-state index is 13.3. The average Bonchev–Trinajstić information content (AvgIpc) is 2.26. The van der Waals surface area contributed by atoms with Crippen LogP contribution in [0.1, 0.15) is 32.6 Å². The second kappa shape index (κ2) is 4.74. The number of alkyl halides is 1. The van der Waals surface area contributed by atoms with E-state index in [4.69, 9.17) is 5.11 Å². The first-order chi connectivity index (χ1) is 8.37. The van der Waals surface area contributed by atoms with Gasteiger partial charge in [0.2, 0.25) is 0 Å². The highest BCUT2D eigenvalue weighted by Crippen LogP contribution is 2.35. The SMILES string of the molecule is CC1(F)CC(NC(=O)N2CCCC(C(=O)O)C2)C1. The summed E-state index contributed by atoms with van der Waals surface area (Å²) < 4.78 is 13.3. The molecule has 2 aliphatic rings. The first-order valence-electron chi connectivity index (χ1n) is 6.34. The van der Waals surface area contributed by atoms with Gasteiger partial charge in [0.25, 0.3) is 0 Å². The predicted molar refractivity (Wildman–Crippen MR) is 63.0 cm³/mol. The van der Waals surface area contributed by atoms with Crippen LogP contribution < -0.4 is 5.32 Å². The molecule has 1 unspecified atom stereocenters. The number of halogens is 1. The van der Waals surface area contributed by atoms with Gasteiger partial charge in [-0.25, -0.2) is 9.18 Å². The second-order valence-corrected chi connectivity index (χ2v) is 5.59. The molecule has 1 heterocycles. The van der Waals surface area contributed by atoms with E-state index in [1.165, 1.54) is 11.8 Å². The van der Waals surface area contributed by atoms with Crippen LogP contribution in [0.3, 0.4) is 0 Å². The van der Waals surface area contributed by atoms with Crippen molar-refractivity contribution in [1.82, 2.24) is 10.2 Å². The number of piperidine rings is 1. The van der Waals surface area contributed by atoms with Gasteiger partial charge in [-0.05, 0) is 19.8 Å². The number of hydrogen-bond donors (Lipinski definition) is 2. The third-order valence-electron chi connectivity index (χ3n) is 3.73. The molecule has 2 amide bonds. The molecule has 0 aromatic carbocycles. The summed E-state index contributed by atoms with van der Waals surface area (Å²) in [5.74, 6) is -1.33. The quantitative estimate of drug-likeness (QED) is 0.786. The Morgan fingerprint density at radius 1 is 1.44 bits per heavy atom. The van der Waals surface area contributed by atoms with Crippen molar-refractivity contribution >= 4 is 12.0 Å². The molecule has 2 rings (SSSR count). The molecule has 5 nitrogen and oxygen atoms in total. The molecule has 102 valence electrons. The largest absolute Gasteiger partial charge is 0.481 e. The minimum atomic E-state index is -1.16. The number of nitrogens with one attached hydrogen (secondary N) is 1. The summed E-state index contributed by atoms with van der Waals surface area (Å²) in [6, 6.07) is -0.376. The van der Waals surface area contributed by atoms with Gasteiger partial charge in [-0.15, -0.1) is 0 Å². The number of likely N-dealkylation sites (tertiary alicyclic amines) is 1. The molecule has 2 fully saturated rings. The van der Waals surface area contributed by atoms with Crippen LogP contribution in [-0.4, -0.2) is 46.8 Å². The third kappa shape index (κ3) is 2.91. The van der Waals surface area contributed by atoms with Crippen LogP contribution in [0.25, 0.3) is 0 Å². The van der Waals surface area contributed by atoms with Crippen molar-refractivity contribution in [1.29, 1.82) is 0 Å². The summed E-state index contributed by atoms with van der Waals surface area (Å²) in [5.41, 5.74) is -1.16. The molecule has 0 bridgehead atoms. The third-order valence-corrected chi connectivity index (χ3v) is 3.73. The summed E-state index contributed by atoms with van der Waals surface area (Å²) in [7, 11) is 0.